The molecule has 0 radical (unpaired) electrons. The van der Waals surface area contributed by atoms with E-state index < -0.39 is 22.0 Å². The van der Waals surface area contributed by atoms with E-state index >= 15 is 0 Å². The van der Waals surface area contributed by atoms with Gasteiger partial charge in [-0.2, -0.15) is 0 Å². The van der Waals surface area contributed by atoms with Gasteiger partial charge in [0.05, 0.1) is 12.3 Å². The molecule has 0 saturated heterocycles. The molecule has 0 aliphatic rings. The van der Waals surface area contributed by atoms with Crippen molar-refractivity contribution < 1.29 is 22.4 Å². The van der Waals surface area contributed by atoms with Gasteiger partial charge in [0.2, 0.25) is 15.9 Å². The average Bonchev–Trinajstić information content (AvgIpc) is 2.71. The third-order valence-corrected chi connectivity index (χ3v) is 5.14. The molecule has 0 heterocycles. The van der Waals surface area contributed by atoms with Crippen molar-refractivity contribution in [1.29, 1.82) is 0 Å². The molecule has 2 aromatic rings. The number of nitrogens with one attached hydrogen (secondary N) is 4. The zero-order valence-electron chi connectivity index (χ0n) is 16.2. The van der Waals surface area contributed by atoms with Gasteiger partial charge in [0.25, 0.3) is 0 Å². The predicted molar refractivity (Wildman–Crippen MR) is 113 cm³/mol. The summed E-state index contributed by atoms with van der Waals surface area (Å²) in [5, 5.41) is 7.57. The van der Waals surface area contributed by atoms with Gasteiger partial charge < -0.3 is 16.0 Å². The van der Waals surface area contributed by atoms with E-state index in [4.69, 9.17) is 0 Å². The van der Waals surface area contributed by atoms with Crippen molar-refractivity contribution in [2.75, 3.05) is 18.4 Å². The molecular weight excluding hydrogens is 411 g/mol. The predicted octanol–water partition coefficient (Wildman–Crippen LogP) is 1.87. The third kappa shape index (κ3) is 8.41. The first-order chi connectivity index (χ1) is 14.3. The third-order valence-electron chi connectivity index (χ3n) is 3.82. The van der Waals surface area contributed by atoms with Gasteiger partial charge in [-0.05, 0) is 35.4 Å². The standard InChI is InChI=1S/C20H23FN4O4S/c1-2-11-24-30(28,29)14-16-5-9-18(10-6-16)25-19(26)13-23-20(27)22-12-15-3-7-17(21)8-4-15/h2-10,24H,1,11-14H2,(H,25,26)(H2,22,23,27). The largest absolute Gasteiger partial charge is 0.334 e. The number of carbonyl (C=O) groups excluding carboxylic acids is 2. The van der Waals surface area contributed by atoms with Crippen LogP contribution in [0.4, 0.5) is 14.9 Å². The summed E-state index contributed by atoms with van der Waals surface area (Å²) in [5.74, 6) is -0.996. The van der Waals surface area contributed by atoms with E-state index in [0.29, 0.717) is 11.3 Å². The van der Waals surface area contributed by atoms with Crippen molar-refractivity contribution in [3.05, 3.63) is 78.1 Å². The highest BCUT2D eigenvalue weighted by Gasteiger charge is 2.11. The van der Waals surface area contributed by atoms with Gasteiger partial charge in [0.1, 0.15) is 5.82 Å². The second kappa shape index (κ2) is 11.1. The zero-order valence-corrected chi connectivity index (χ0v) is 17.0. The lowest BCUT2D eigenvalue weighted by Gasteiger charge is -2.09. The van der Waals surface area contributed by atoms with E-state index in [0.717, 1.165) is 5.56 Å². The van der Waals surface area contributed by atoms with Crippen molar-refractivity contribution in [2.24, 2.45) is 0 Å². The van der Waals surface area contributed by atoms with Crippen LogP contribution >= 0.6 is 0 Å². The number of benzene rings is 2. The van der Waals surface area contributed by atoms with Crippen LogP contribution in [0.5, 0.6) is 0 Å². The number of amides is 3. The molecule has 30 heavy (non-hydrogen) atoms. The van der Waals surface area contributed by atoms with Crippen LogP contribution in [0.1, 0.15) is 11.1 Å². The van der Waals surface area contributed by atoms with Gasteiger partial charge in [-0.15, -0.1) is 6.58 Å². The van der Waals surface area contributed by atoms with E-state index in [2.05, 4.69) is 27.3 Å². The highest BCUT2D eigenvalue weighted by atomic mass is 32.2. The molecule has 2 aromatic carbocycles. The van der Waals surface area contributed by atoms with Gasteiger partial charge in [0.15, 0.2) is 0 Å². The molecule has 8 nitrogen and oxygen atoms in total. The smallest absolute Gasteiger partial charge is 0.315 e. The molecule has 2 rings (SSSR count). The number of halogens is 1. The molecule has 0 spiro atoms. The molecule has 0 bridgehead atoms. The molecular formula is C20H23FN4O4S. The van der Waals surface area contributed by atoms with E-state index in [-0.39, 0.29) is 31.2 Å². The fraction of sp³-hybridized carbons (Fsp3) is 0.200. The molecule has 4 N–H and O–H groups in total. The number of hydrogen-bond acceptors (Lipinski definition) is 4. The first-order valence-corrected chi connectivity index (χ1v) is 10.7. The average molecular weight is 434 g/mol. The Bertz CT molecular complexity index is 977. The maximum absolute atomic E-state index is 12.8. The van der Waals surface area contributed by atoms with Crippen molar-refractivity contribution in [1.82, 2.24) is 15.4 Å². The van der Waals surface area contributed by atoms with Crippen molar-refractivity contribution >= 4 is 27.6 Å². The normalized spacial score (nSPS) is 10.8. The molecule has 0 aromatic heterocycles. The second-order valence-electron chi connectivity index (χ2n) is 6.30. The highest BCUT2D eigenvalue weighted by molar-refractivity contribution is 7.88. The molecule has 0 aliphatic heterocycles. The lowest BCUT2D eigenvalue weighted by atomic mass is 10.2. The molecule has 0 fully saturated rings. The number of rotatable bonds is 10. The Labute approximate surface area is 174 Å². The van der Waals surface area contributed by atoms with Crippen molar-refractivity contribution in [2.45, 2.75) is 12.3 Å². The van der Waals surface area contributed by atoms with E-state index in [1.807, 2.05) is 0 Å². The van der Waals surface area contributed by atoms with E-state index in [1.54, 1.807) is 36.4 Å². The van der Waals surface area contributed by atoms with Gasteiger partial charge >= 0.3 is 6.03 Å². The van der Waals surface area contributed by atoms with Crippen LogP contribution in [0.15, 0.2) is 61.2 Å². The quantitative estimate of drug-likeness (QED) is 0.427. The lowest BCUT2D eigenvalue weighted by molar-refractivity contribution is -0.115. The maximum Gasteiger partial charge on any atom is 0.315 e. The van der Waals surface area contributed by atoms with E-state index in [9.17, 15) is 22.4 Å². The summed E-state index contributed by atoms with van der Waals surface area (Å²) in [5.41, 5.74) is 1.74. The summed E-state index contributed by atoms with van der Waals surface area (Å²) < 4.78 is 38.9. The first kappa shape index (κ1) is 23.0. The van der Waals surface area contributed by atoms with E-state index in [1.165, 1.54) is 18.2 Å². The highest BCUT2D eigenvalue weighted by Crippen LogP contribution is 2.11. The topological polar surface area (TPSA) is 116 Å². The number of sulfonamides is 1. The summed E-state index contributed by atoms with van der Waals surface area (Å²) in [6.07, 6.45) is 1.45. The summed E-state index contributed by atoms with van der Waals surface area (Å²) in [6, 6.07) is 11.5. The van der Waals surface area contributed by atoms with Crippen LogP contribution in [-0.2, 0) is 27.1 Å². The fourth-order valence-electron chi connectivity index (χ4n) is 2.35. The van der Waals surface area contributed by atoms with Crippen LogP contribution in [-0.4, -0.2) is 33.4 Å². The number of hydrogen-bond donors (Lipinski definition) is 4. The second-order valence-corrected chi connectivity index (χ2v) is 8.11. The van der Waals surface area contributed by atoms with Crippen LogP contribution in [0, 0.1) is 5.82 Å². The minimum absolute atomic E-state index is 0.154. The zero-order chi connectivity index (χ0) is 22.0. The Morgan fingerprint density at radius 1 is 0.967 bits per heavy atom. The fourth-order valence-corrected chi connectivity index (χ4v) is 3.46. The van der Waals surface area contributed by atoms with Gasteiger partial charge in [-0.1, -0.05) is 30.3 Å². The van der Waals surface area contributed by atoms with Gasteiger partial charge in [0, 0.05) is 18.8 Å². The van der Waals surface area contributed by atoms with Crippen LogP contribution in [0.3, 0.4) is 0 Å². The molecule has 10 heteroatoms. The Morgan fingerprint density at radius 3 is 2.23 bits per heavy atom. The summed E-state index contributed by atoms with van der Waals surface area (Å²) in [7, 11) is -3.46. The summed E-state index contributed by atoms with van der Waals surface area (Å²) in [4.78, 5) is 23.7. The lowest BCUT2D eigenvalue weighted by Crippen LogP contribution is -2.39. The SMILES string of the molecule is C=CCNS(=O)(=O)Cc1ccc(NC(=O)CNC(=O)NCc2ccc(F)cc2)cc1. The number of urea groups is 1. The summed E-state index contributed by atoms with van der Waals surface area (Å²) in [6.45, 7) is 3.55. The number of carbonyl (C=O) groups is 2. The Kier molecular flexibility index (Phi) is 8.51. The van der Waals surface area contributed by atoms with Gasteiger partial charge in [-0.3, -0.25) is 4.79 Å². The molecule has 0 saturated carbocycles. The van der Waals surface area contributed by atoms with Crippen LogP contribution in [0.25, 0.3) is 0 Å². The minimum atomic E-state index is -3.46. The van der Waals surface area contributed by atoms with Crippen LogP contribution in [0.2, 0.25) is 0 Å². The Morgan fingerprint density at radius 2 is 1.60 bits per heavy atom. The Balaban J connectivity index is 1.74. The Hall–Kier alpha value is -3.24. The molecule has 160 valence electrons. The maximum atomic E-state index is 12.8. The number of anilines is 1. The molecule has 0 aliphatic carbocycles. The molecule has 3 amide bonds. The molecule has 0 unspecified atom stereocenters. The minimum Gasteiger partial charge on any atom is -0.334 e. The molecule has 0 atom stereocenters. The monoisotopic (exact) mass is 434 g/mol. The van der Waals surface area contributed by atoms with Gasteiger partial charge in [-0.25, -0.2) is 22.3 Å². The first-order valence-electron chi connectivity index (χ1n) is 9.00. The van der Waals surface area contributed by atoms with Crippen LogP contribution < -0.4 is 20.7 Å². The van der Waals surface area contributed by atoms with Crippen molar-refractivity contribution in [3.63, 3.8) is 0 Å². The van der Waals surface area contributed by atoms with Crippen molar-refractivity contribution in [3.8, 4) is 0 Å². The summed E-state index contributed by atoms with van der Waals surface area (Å²) >= 11 is 0.